The van der Waals surface area contributed by atoms with Gasteiger partial charge in [0.2, 0.25) is 15.9 Å². The molecule has 1 N–H and O–H groups in total. The van der Waals surface area contributed by atoms with Gasteiger partial charge in [-0.15, -0.1) is 0 Å². The highest BCUT2D eigenvalue weighted by atomic mass is 32.2. The van der Waals surface area contributed by atoms with Crippen LogP contribution in [0.4, 0.5) is 0 Å². The number of nitrogens with one attached hydrogen (secondary N) is 1. The Morgan fingerprint density at radius 3 is 2.25 bits per heavy atom. The van der Waals surface area contributed by atoms with Crippen LogP contribution in [-0.2, 0) is 30.8 Å². The highest BCUT2D eigenvalue weighted by molar-refractivity contribution is 7.89. The summed E-state index contributed by atoms with van der Waals surface area (Å²) < 4.78 is 34.2. The average Bonchev–Trinajstić information content (AvgIpc) is 2.87. The quantitative estimate of drug-likeness (QED) is 0.445. The Bertz CT molecular complexity index is 1390. The Labute approximate surface area is 211 Å². The average molecular weight is 508 g/mol. The molecule has 0 fully saturated rings. The molecule has 0 bridgehead atoms. The van der Waals surface area contributed by atoms with Gasteiger partial charge in [-0.1, -0.05) is 56.3 Å². The number of nitrogens with zero attached hydrogens (tertiary/aromatic N) is 2. The van der Waals surface area contributed by atoms with E-state index in [0.29, 0.717) is 11.1 Å². The molecule has 3 aromatic rings. The summed E-state index contributed by atoms with van der Waals surface area (Å²) in [5.41, 5.74) is 1.10. The van der Waals surface area contributed by atoms with Crippen LogP contribution in [0.25, 0.3) is 10.8 Å². The first-order valence-electron chi connectivity index (χ1n) is 11.4. The van der Waals surface area contributed by atoms with Crippen LogP contribution in [0.1, 0.15) is 25.0 Å². The number of benzene rings is 3. The summed E-state index contributed by atoms with van der Waals surface area (Å²) in [5.74, 6) is -1.43. The number of nitriles is 1. The van der Waals surface area contributed by atoms with Gasteiger partial charge in [-0.25, -0.2) is 13.2 Å². The lowest BCUT2D eigenvalue weighted by Gasteiger charge is -2.32. The van der Waals surface area contributed by atoms with Crippen LogP contribution in [0.3, 0.4) is 0 Å². The van der Waals surface area contributed by atoms with Crippen LogP contribution in [0.5, 0.6) is 0 Å². The number of methoxy groups -OCH3 is 1. The van der Waals surface area contributed by atoms with Crippen molar-refractivity contribution in [2.24, 2.45) is 5.92 Å². The first kappa shape index (κ1) is 26.9. The number of ether oxygens (including phenoxy) is 1. The smallest absolute Gasteiger partial charge is 0.328 e. The van der Waals surface area contributed by atoms with Gasteiger partial charge in [-0.05, 0) is 52.9 Å². The molecule has 8 nitrogen and oxygen atoms in total. The van der Waals surface area contributed by atoms with Crippen molar-refractivity contribution < 1.29 is 22.7 Å². The molecule has 2 unspecified atom stereocenters. The second-order valence-corrected chi connectivity index (χ2v) is 10.6. The monoisotopic (exact) mass is 507 g/mol. The first-order valence-corrected chi connectivity index (χ1v) is 12.9. The van der Waals surface area contributed by atoms with E-state index < -0.39 is 34.0 Å². The predicted octanol–water partition coefficient (Wildman–Crippen LogP) is 3.26. The van der Waals surface area contributed by atoms with E-state index in [1.807, 2.05) is 30.3 Å². The Kier molecular flexibility index (Phi) is 8.45. The Morgan fingerprint density at radius 1 is 1.03 bits per heavy atom. The second kappa shape index (κ2) is 11.3. The number of hydrogen-bond donors (Lipinski definition) is 1. The fourth-order valence-corrected chi connectivity index (χ4v) is 5.33. The van der Waals surface area contributed by atoms with Crippen molar-refractivity contribution in [2.45, 2.75) is 37.2 Å². The van der Waals surface area contributed by atoms with Gasteiger partial charge >= 0.3 is 5.97 Å². The lowest BCUT2D eigenvalue weighted by molar-refractivity contribution is -0.154. The molecule has 0 radical (unpaired) electrons. The van der Waals surface area contributed by atoms with Crippen molar-refractivity contribution in [2.75, 3.05) is 14.2 Å². The van der Waals surface area contributed by atoms with Crippen molar-refractivity contribution in [1.82, 2.24) is 9.62 Å². The number of amides is 1. The number of carbonyl (C=O) groups excluding carboxylic acids is 2. The zero-order valence-corrected chi connectivity index (χ0v) is 21.5. The summed E-state index contributed by atoms with van der Waals surface area (Å²) in [7, 11) is -1.40. The van der Waals surface area contributed by atoms with Crippen LogP contribution in [-0.4, -0.2) is 51.4 Å². The van der Waals surface area contributed by atoms with Gasteiger partial charge in [0, 0.05) is 7.05 Å². The SMILES string of the molecule is COC(=O)C(C(C)C)N(C)C(=O)C(Cc1ccc(C#N)cc1)NS(=O)(=O)c1ccc2ccccc2c1. The lowest BCUT2D eigenvalue weighted by atomic mass is 10.00. The summed E-state index contributed by atoms with van der Waals surface area (Å²) in [6, 6.07) is 18.6. The number of likely N-dealkylation sites (N-methyl/N-ethyl adjacent to an activating group) is 1. The maximum atomic E-state index is 13.6. The summed E-state index contributed by atoms with van der Waals surface area (Å²) in [6.07, 6.45) is 0.0215. The van der Waals surface area contributed by atoms with Crippen molar-refractivity contribution in [1.29, 1.82) is 5.26 Å². The van der Waals surface area contributed by atoms with Gasteiger partial charge in [-0.2, -0.15) is 9.98 Å². The van der Waals surface area contributed by atoms with E-state index in [0.717, 1.165) is 10.8 Å². The fourth-order valence-electron chi connectivity index (χ4n) is 4.10. The minimum Gasteiger partial charge on any atom is -0.467 e. The van der Waals surface area contributed by atoms with Gasteiger partial charge < -0.3 is 9.64 Å². The Hall–Kier alpha value is -3.74. The van der Waals surface area contributed by atoms with Crippen LogP contribution >= 0.6 is 0 Å². The maximum absolute atomic E-state index is 13.6. The predicted molar refractivity (Wildman–Crippen MR) is 136 cm³/mol. The van der Waals surface area contributed by atoms with Crippen LogP contribution in [0.15, 0.2) is 71.6 Å². The molecule has 3 rings (SSSR count). The highest BCUT2D eigenvalue weighted by Gasteiger charge is 2.36. The van der Waals surface area contributed by atoms with E-state index in [2.05, 4.69) is 4.72 Å². The number of hydrogen-bond acceptors (Lipinski definition) is 6. The Balaban J connectivity index is 1.98. The normalized spacial score (nSPS) is 13.1. The van der Waals surface area contributed by atoms with E-state index in [9.17, 15) is 18.0 Å². The molecule has 188 valence electrons. The van der Waals surface area contributed by atoms with E-state index in [-0.39, 0.29) is 17.2 Å². The van der Waals surface area contributed by atoms with E-state index >= 15 is 0 Å². The van der Waals surface area contributed by atoms with Crippen LogP contribution in [0.2, 0.25) is 0 Å². The molecule has 36 heavy (non-hydrogen) atoms. The number of rotatable bonds is 9. The molecule has 0 aliphatic heterocycles. The molecule has 1 amide bonds. The molecule has 0 aromatic heterocycles. The first-order chi connectivity index (χ1) is 17.1. The van der Waals surface area contributed by atoms with Gasteiger partial charge in [0.25, 0.3) is 0 Å². The van der Waals surface area contributed by atoms with Gasteiger partial charge in [0.05, 0.1) is 23.6 Å². The molecule has 0 saturated carbocycles. The summed E-state index contributed by atoms with van der Waals surface area (Å²) in [5, 5.41) is 10.7. The molecule has 0 aliphatic carbocycles. The minimum atomic E-state index is -4.10. The number of fused-ring (bicyclic) bond motifs is 1. The van der Waals surface area contributed by atoms with Gasteiger partial charge in [-0.3, -0.25) is 4.79 Å². The molecule has 0 saturated heterocycles. The molecule has 9 heteroatoms. The van der Waals surface area contributed by atoms with Crippen molar-refractivity contribution in [3.8, 4) is 6.07 Å². The van der Waals surface area contributed by atoms with Crippen LogP contribution < -0.4 is 4.72 Å². The van der Waals surface area contributed by atoms with E-state index in [4.69, 9.17) is 10.00 Å². The third-order valence-electron chi connectivity index (χ3n) is 5.99. The number of carbonyl (C=O) groups is 2. The maximum Gasteiger partial charge on any atom is 0.328 e. The van der Waals surface area contributed by atoms with Crippen LogP contribution in [0, 0.1) is 17.2 Å². The highest BCUT2D eigenvalue weighted by Crippen LogP contribution is 2.21. The fraction of sp³-hybridized carbons (Fsp3) is 0.296. The third kappa shape index (κ3) is 6.08. The molecule has 0 spiro atoms. The van der Waals surface area contributed by atoms with Gasteiger partial charge in [0.1, 0.15) is 12.1 Å². The van der Waals surface area contributed by atoms with E-state index in [1.54, 1.807) is 50.2 Å². The summed E-state index contributed by atoms with van der Waals surface area (Å²) in [6.45, 7) is 3.56. The standard InChI is InChI=1S/C27H29N3O5S/c1-18(2)25(27(32)35-4)30(3)26(31)24(15-19-9-11-20(17-28)12-10-19)29-36(33,34)23-14-13-21-7-5-6-8-22(21)16-23/h5-14,16,18,24-25,29H,15H2,1-4H3. The van der Waals surface area contributed by atoms with Crippen molar-refractivity contribution in [3.05, 3.63) is 77.9 Å². The second-order valence-electron chi connectivity index (χ2n) is 8.86. The third-order valence-corrected chi connectivity index (χ3v) is 7.46. The molecule has 2 atom stereocenters. The largest absolute Gasteiger partial charge is 0.467 e. The lowest BCUT2D eigenvalue weighted by Crippen LogP contribution is -2.54. The van der Waals surface area contributed by atoms with E-state index in [1.165, 1.54) is 25.1 Å². The summed E-state index contributed by atoms with van der Waals surface area (Å²) >= 11 is 0. The van der Waals surface area contributed by atoms with Crippen molar-refractivity contribution >= 4 is 32.7 Å². The number of esters is 1. The van der Waals surface area contributed by atoms with Gasteiger partial charge in [0.15, 0.2) is 0 Å². The topological polar surface area (TPSA) is 117 Å². The number of sulfonamides is 1. The van der Waals surface area contributed by atoms with Crippen molar-refractivity contribution in [3.63, 3.8) is 0 Å². The zero-order chi connectivity index (χ0) is 26.5. The summed E-state index contributed by atoms with van der Waals surface area (Å²) in [4.78, 5) is 27.2. The Morgan fingerprint density at radius 2 is 1.67 bits per heavy atom. The molecular weight excluding hydrogens is 478 g/mol. The molecule has 3 aromatic carbocycles. The minimum absolute atomic E-state index is 0.0215. The zero-order valence-electron chi connectivity index (χ0n) is 20.6. The molecular formula is C27H29N3O5S. The molecule has 0 heterocycles. The molecule has 0 aliphatic rings.